The molecule has 68 valence electrons. The van der Waals surface area contributed by atoms with Crippen LogP contribution in [0, 0.1) is 5.82 Å². The first-order valence-corrected chi connectivity index (χ1v) is 4.60. The third kappa shape index (κ3) is 1.18. The Morgan fingerprint density at radius 1 is 1.46 bits per heavy atom. The molecule has 0 saturated carbocycles. The van der Waals surface area contributed by atoms with Gasteiger partial charge in [0.1, 0.15) is 11.6 Å². The normalized spacial score (nSPS) is 10.9. The Morgan fingerprint density at radius 3 is 2.92 bits per heavy atom. The lowest BCUT2D eigenvalue weighted by Crippen LogP contribution is -1.89. The van der Waals surface area contributed by atoms with Crippen molar-refractivity contribution < 1.29 is 14.6 Å². The summed E-state index contributed by atoms with van der Waals surface area (Å²) in [5.41, 5.74) is -0.0325. The van der Waals surface area contributed by atoms with E-state index in [1.807, 2.05) is 0 Å². The summed E-state index contributed by atoms with van der Waals surface area (Å²) in [6.07, 6.45) is 0. The molecule has 0 bridgehead atoms. The van der Waals surface area contributed by atoms with E-state index in [1.165, 1.54) is 17.4 Å². The molecule has 0 unspecified atom stereocenters. The minimum absolute atomic E-state index is 0.0325. The van der Waals surface area contributed by atoms with Gasteiger partial charge in [-0.05, 0) is 22.9 Å². The lowest BCUT2D eigenvalue weighted by atomic mass is 10.1. The molecule has 1 aromatic heterocycles. The Hall–Kier alpha value is -1.13. The number of halogens is 1. The molecule has 2 aromatic rings. The maximum atomic E-state index is 13.1. The largest absolute Gasteiger partial charge is 0.506 e. The van der Waals surface area contributed by atoms with Crippen molar-refractivity contribution in [2.24, 2.45) is 0 Å². The Bertz CT molecular complexity index is 450. The van der Waals surface area contributed by atoms with Crippen molar-refractivity contribution in [3.8, 4) is 5.75 Å². The summed E-state index contributed by atoms with van der Waals surface area (Å²) in [7, 11) is 0. The van der Waals surface area contributed by atoms with E-state index < -0.39 is 12.4 Å². The maximum Gasteiger partial charge on any atom is 0.141 e. The number of aromatic hydroxyl groups is 1. The van der Waals surface area contributed by atoms with Gasteiger partial charge in [0.25, 0.3) is 0 Å². The number of hydrogen-bond donors (Lipinski definition) is 2. The summed E-state index contributed by atoms with van der Waals surface area (Å²) in [6, 6.07) is 3.04. The minimum atomic E-state index is -0.564. The molecular weight excluding hydrogens is 191 g/mol. The summed E-state index contributed by atoms with van der Waals surface area (Å²) < 4.78 is 13.8. The molecule has 0 atom stereocenters. The van der Waals surface area contributed by atoms with E-state index >= 15 is 0 Å². The van der Waals surface area contributed by atoms with Crippen molar-refractivity contribution in [3.05, 3.63) is 28.9 Å². The monoisotopic (exact) mass is 198 g/mol. The molecule has 0 spiro atoms. The van der Waals surface area contributed by atoms with Gasteiger partial charge < -0.3 is 10.2 Å². The van der Waals surface area contributed by atoms with Crippen LogP contribution in [0.4, 0.5) is 4.39 Å². The summed E-state index contributed by atoms with van der Waals surface area (Å²) in [4.78, 5) is 0. The van der Waals surface area contributed by atoms with Crippen molar-refractivity contribution >= 4 is 21.4 Å². The Labute approximate surface area is 77.9 Å². The number of hydrogen-bond acceptors (Lipinski definition) is 3. The fourth-order valence-electron chi connectivity index (χ4n) is 1.25. The third-order valence-electron chi connectivity index (χ3n) is 1.93. The van der Waals surface area contributed by atoms with Crippen LogP contribution in [0.1, 0.15) is 5.56 Å². The average molecular weight is 198 g/mol. The second-order valence-corrected chi connectivity index (χ2v) is 3.60. The summed E-state index contributed by atoms with van der Waals surface area (Å²) in [5, 5.41) is 20.8. The first-order chi connectivity index (χ1) is 6.24. The maximum absolute atomic E-state index is 13.1. The molecule has 0 amide bonds. The molecule has 0 radical (unpaired) electrons. The molecule has 0 saturated heterocycles. The SMILES string of the molecule is OCc1c(F)cc2ccsc2c1O. The van der Waals surface area contributed by atoms with Crippen LogP contribution in [-0.4, -0.2) is 10.2 Å². The molecule has 1 heterocycles. The number of thiophene rings is 1. The van der Waals surface area contributed by atoms with Crippen molar-refractivity contribution in [1.82, 2.24) is 0 Å². The van der Waals surface area contributed by atoms with E-state index in [9.17, 15) is 9.50 Å². The van der Waals surface area contributed by atoms with Crippen molar-refractivity contribution in [2.75, 3.05) is 0 Å². The van der Waals surface area contributed by atoms with Crippen LogP contribution >= 0.6 is 11.3 Å². The lowest BCUT2D eigenvalue weighted by molar-refractivity contribution is 0.269. The zero-order valence-corrected chi connectivity index (χ0v) is 7.44. The van der Waals surface area contributed by atoms with Crippen LogP contribution in [0.15, 0.2) is 17.5 Å². The zero-order chi connectivity index (χ0) is 9.42. The molecule has 0 aliphatic heterocycles. The number of aliphatic hydroxyl groups is 1. The molecule has 4 heteroatoms. The van der Waals surface area contributed by atoms with Crippen LogP contribution in [0.2, 0.25) is 0 Å². The highest BCUT2D eigenvalue weighted by Gasteiger charge is 2.12. The number of phenols is 1. The molecular formula is C9H7FO2S. The Balaban J connectivity index is 2.85. The molecule has 13 heavy (non-hydrogen) atoms. The predicted octanol–water partition coefficient (Wildman–Crippen LogP) is 2.24. The first-order valence-electron chi connectivity index (χ1n) is 3.72. The standard InChI is InChI=1S/C9H7FO2S/c10-7-3-5-1-2-13-9(5)8(12)6(7)4-11/h1-3,11-12H,4H2. The highest BCUT2D eigenvalue weighted by atomic mass is 32.1. The molecule has 0 aliphatic carbocycles. The molecule has 1 aromatic carbocycles. The van der Waals surface area contributed by atoms with Gasteiger partial charge in [0.15, 0.2) is 0 Å². The smallest absolute Gasteiger partial charge is 0.141 e. The summed E-state index contributed by atoms with van der Waals surface area (Å²) in [5.74, 6) is -0.710. The average Bonchev–Trinajstić information content (AvgIpc) is 2.53. The number of fused-ring (bicyclic) bond motifs is 1. The van der Waals surface area contributed by atoms with Gasteiger partial charge in [-0.1, -0.05) is 0 Å². The van der Waals surface area contributed by atoms with E-state index in [0.29, 0.717) is 10.1 Å². The van der Waals surface area contributed by atoms with Crippen LogP contribution in [0.25, 0.3) is 10.1 Å². The quantitative estimate of drug-likeness (QED) is 0.737. The van der Waals surface area contributed by atoms with E-state index in [4.69, 9.17) is 5.11 Å². The van der Waals surface area contributed by atoms with E-state index in [-0.39, 0.29) is 11.3 Å². The highest BCUT2D eigenvalue weighted by Crippen LogP contribution is 2.34. The van der Waals surface area contributed by atoms with Gasteiger partial charge in [-0.3, -0.25) is 0 Å². The van der Waals surface area contributed by atoms with E-state index in [0.717, 1.165) is 0 Å². The van der Waals surface area contributed by atoms with Gasteiger partial charge in [0.05, 0.1) is 16.9 Å². The van der Waals surface area contributed by atoms with Crippen LogP contribution in [0.3, 0.4) is 0 Å². The van der Waals surface area contributed by atoms with Gasteiger partial charge in [-0.25, -0.2) is 4.39 Å². The molecule has 2 rings (SSSR count). The number of aliphatic hydroxyl groups excluding tert-OH is 1. The Morgan fingerprint density at radius 2 is 2.23 bits per heavy atom. The van der Waals surface area contributed by atoms with Gasteiger partial charge >= 0.3 is 0 Å². The van der Waals surface area contributed by atoms with Crippen LogP contribution < -0.4 is 0 Å². The lowest BCUT2D eigenvalue weighted by Gasteiger charge is -2.03. The number of benzene rings is 1. The predicted molar refractivity (Wildman–Crippen MR) is 49.4 cm³/mol. The van der Waals surface area contributed by atoms with Gasteiger partial charge in [0, 0.05) is 0 Å². The summed E-state index contributed by atoms with van der Waals surface area (Å²) >= 11 is 1.32. The topological polar surface area (TPSA) is 40.5 Å². The number of rotatable bonds is 1. The Kier molecular flexibility index (Phi) is 1.94. The molecule has 0 fully saturated rings. The van der Waals surface area contributed by atoms with Crippen molar-refractivity contribution in [2.45, 2.75) is 6.61 Å². The van der Waals surface area contributed by atoms with Crippen LogP contribution in [0.5, 0.6) is 5.75 Å². The van der Waals surface area contributed by atoms with E-state index in [2.05, 4.69) is 0 Å². The third-order valence-corrected chi connectivity index (χ3v) is 2.86. The second-order valence-electron chi connectivity index (χ2n) is 2.68. The van der Waals surface area contributed by atoms with Gasteiger partial charge in [0.2, 0.25) is 0 Å². The fourth-order valence-corrected chi connectivity index (χ4v) is 2.10. The van der Waals surface area contributed by atoms with Crippen LogP contribution in [-0.2, 0) is 6.61 Å². The molecule has 0 aliphatic rings. The first kappa shape index (κ1) is 8.47. The molecule has 2 nitrogen and oxygen atoms in total. The zero-order valence-electron chi connectivity index (χ0n) is 6.62. The van der Waals surface area contributed by atoms with Gasteiger partial charge in [-0.2, -0.15) is 0 Å². The second kappa shape index (κ2) is 2.97. The minimum Gasteiger partial charge on any atom is -0.506 e. The van der Waals surface area contributed by atoms with Gasteiger partial charge in [-0.15, -0.1) is 11.3 Å². The fraction of sp³-hybridized carbons (Fsp3) is 0.111. The highest BCUT2D eigenvalue weighted by molar-refractivity contribution is 7.17. The van der Waals surface area contributed by atoms with Crippen molar-refractivity contribution in [1.29, 1.82) is 0 Å². The summed E-state index contributed by atoms with van der Waals surface area (Å²) in [6.45, 7) is -0.481. The van der Waals surface area contributed by atoms with E-state index in [1.54, 1.807) is 11.4 Å². The van der Waals surface area contributed by atoms with Crippen molar-refractivity contribution in [3.63, 3.8) is 0 Å². The molecule has 2 N–H and O–H groups in total.